The Balaban J connectivity index is 1.54. The SMILES string of the molecule is COc1cc(C=C2C(=O)NN(c3ccccc3)C2=O)cc(OC)c1OCC(=O)Nc1cccc(F)c1. The molecule has 184 valence electrons. The molecule has 9 nitrogen and oxygen atoms in total. The van der Waals surface area contributed by atoms with E-state index in [9.17, 15) is 18.8 Å². The van der Waals surface area contributed by atoms with Gasteiger partial charge >= 0.3 is 0 Å². The van der Waals surface area contributed by atoms with Gasteiger partial charge in [-0.3, -0.25) is 19.8 Å². The quantitative estimate of drug-likeness (QED) is 0.370. The van der Waals surface area contributed by atoms with Crippen LogP contribution < -0.4 is 30.0 Å². The van der Waals surface area contributed by atoms with Gasteiger partial charge in [0.15, 0.2) is 18.1 Å². The second-order valence-electron chi connectivity index (χ2n) is 7.58. The molecule has 0 spiro atoms. The maximum Gasteiger partial charge on any atom is 0.282 e. The number of nitrogens with zero attached hydrogens (tertiary/aromatic N) is 1. The van der Waals surface area contributed by atoms with Crippen molar-refractivity contribution >= 4 is 35.2 Å². The van der Waals surface area contributed by atoms with Crippen LogP contribution in [0.5, 0.6) is 17.2 Å². The Morgan fingerprint density at radius 3 is 2.33 bits per heavy atom. The molecule has 3 amide bonds. The Bertz CT molecular complexity index is 1320. The average Bonchev–Trinajstić information content (AvgIpc) is 3.16. The number of carbonyl (C=O) groups is 3. The number of carbonyl (C=O) groups excluding carboxylic acids is 3. The molecule has 0 aliphatic carbocycles. The summed E-state index contributed by atoms with van der Waals surface area (Å²) < 4.78 is 29.7. The Morgan fingerprint density at radius 1 is 1.00 bits per heavy atom. The standard InChI is InChI=1S/C26H22FN3O6/c1-34-21-12-16(11-20-25(32)29-30(26(20)33)19-9-4-3-5-10-19)13-22(35-2)24(21)36-15-23(31)28-18-8-6-7-17(27)14-18/h3-14H,15H2,1-2H3,(H,28,31)(H,29,32). The van der Waals surface area contributed by atoms with Gasteiger partial charge in [-0.15, -0.1) is 0 Å². The molecule has 4 rings (SSSR count). The minimum absolute atomic E-state index is 0.0777. The molecule has 0 bridgehead atoms. The van der Waals surface area contributed by atoms with Gasteiger partial charge in [0.2, 0.25) is 5.75 Å². The van der Waals surface area contributed by atoms with E-state index in [4.69, 9.17) is 14.2 Å². The summed E-state index contributed by atoms with van der Waals surface area (Å²) in [4.78, 5) is 37.6. The average molecular weight is 491 g/mol. The maximum absolute atomic E-state index is 13.3. The highest BCUT2D eigenvalue weighted by Gasteiger charge is 2.34. The molecule has 0 radical (unpaired) electrons. The van der Waals surface area contributed by atoms with Crippen molar-refractivity contribution in [3.63, 3.8) is 0 Å². The van der Waals surface area contributed by atoms with E-state index in [1.807, 2.05) is 0 Å². The lowest BCUT2D eigenvalue weighted by molar-refractivity contribution is -0.118. The van der Waals surface area contributed by atoms with Gasteiger partial charge in [-0.05, 0) is 54.1 Å². The highest BCUT2D eigenvalue weighted by atomic mass is 19.1. The van der Waals surface area contributed by atoms with Gasteiger partial charge < -0.3 is 19.5 Å². The predicted octanol–water partition coefficient (Wildman–Crippen LogP) is 3.32. The molecule has 3 aromatic rings. The number of amides is 3. The van der Waals surface area contributed by atoms with Crippen LogP contribution in [0.4, 0.5) is 15.8 Å². The zero-order valence-electron chi connectivity index (χ0n) is 19.4. The van der Waals surface area contributed by atoms with Gasteiger partial charge in [0.1, 0.15) is 11.4 Å². The fourth-order valence-electron chi connectivity index (χ4n) is 3.51. The van der Waals surface area contributed by atoms with Crippen LogP contribution in [0.25, 0.3) is 6.08 Å². The fraction of sp³-hybridized carbons (Fsp3) is 0.115. The van der Waals surface area contributed by atoms with Crippen LogP contribution in [-0.2, 0) is 14.4 Å². The van der Waals surface area contributed by atoms with Gasteiger partial charge in [-0.25, -0.2) is 9.40 Å². The van der Waals surface area contributed by atoms with Crippen molar-refractivity contribution in [3.8, 4) is 17.2 Å². The Kier molecular flexibility index (Phi) is 7.15. The van der Waals surface area contributed by atoms with Crippen LogP contribution in [0.1, 0.15) is 5.56 Å². The Morgan fingerprint density at radius 2 is 1.69 bits per heavy atom. The number of benzene rings is 3. The van der Waals surface area contributed by atoms with Crippen molar-refractivity contribution < 1.29 is 33.0 Å². The minimum Gasteiger partial charge on any atom is -0.493 e. The van der Waals surface area contributed by atoms with E-state index in [1.165, 1.54) is 38.5 Å². The lowest BCUT2D eigenvalue weighted by atomic mass is 10.1. The summed E-state index contributed by atoms with van der Waals surface area (Å²) in [6, 6.07) is 17.3. The summed E-state index contributed by atoms with van der Waals surface area (Å²) in [7, 11) is 2.80. The summed E-state index contributed by atoms with van der Waals surface area (Å²) in [6.07, 6.45) is 1.41. The number of anilines is 2. The number of hydrogen-bond acceptors (Lipinski definition) is 6. The lowest BCUT2D eigenvalue weighted by Gasteiger charge is -2.15. The van der Waals surface area contributed by atoms with Gasteiger partial charge in [-0.1, -0.05) is 24.3 Å². The predicted molar refractivity (Wildman–Crippen MR) is 130 cm³/mol. The van der Waals surface area contributed by atoms with Crippen LogP contribution in [0.3, 0.4) is 0 Å². The van der Waals surface area contributed by atoms with Crippen LogP contribution in [0.15, 0.2) is 72.3 Å². The molecule has 2 N–H and O–H groups in total. The van der Waals surface area contributed by atoms with Crippen LogP contribution in [0.2, 0.25) is 0 Å². The van der Waals surface area contributed by atoms with E-state index in [0.717, 1.165) is 5.01 Å². The molecule has 0 unspecified atom stereocenters. The van der Waals surface area contributed by atoms with Gasteiger partial charge in [0.05, 0.1) is 19.9 Å². The van der Waals surface area contributed by atoms with Gasteiger partial charge in [0, 0.05) is 5.69 Å². The molecule has 0 atom stereocenters. The number of methoxy groups -OCH3 is 2. The van der Waals surface area contributed by atoms with E-state index in [1.54, 1.807) is 48.5 Å². The monoisotopic (exact) mass is 491 g/mol. The van der Waals surface area contributed by atoms with Crippen molar-refractivity contribution in [3.05, 3.63) is 83.7 Å². The number of halogens is 1. The van der Waals surface area contributed by atoms with Crippen LogP contribution in [-0.4, -0.2) is 38.5 Å². The molecule has 1 aliphatic rings. The molecule has 1 fully saturated rings. The normalized spacial score (nSPS) is 14.0. The van der Waals surface area contributed by atoms with E-state index < -0.39 is 30.1 Å². The van der Waals surface area contributed by atoms with Crippen molar-refractivity contribution in [1.29, 1.82) is 0 Å². The van der Waals surface area contributed by atoms with Crippen LogP contribution >= 0.6 is 0 Å². The van der Waals surface area contributed by atoms with Gasteiger partial charge in [-0.2, -0.15) is 0 Å². The smallest absolute Gasteiger partial charge is 0.282 e. The van der Waals surface area contributed by atoms with E-state index in [0.29, 0.717) is 11.3 Å². The van der Waals surface area contributed by atoms with Crippen LogP contribution in [0, 0.1) is 5.82 Å². The molecular weight excluding hydrogens is 469 g/mol. The summed E-state index contributed by atoms with van der Waals surface area (Å²) in [5, 5.41) is 3.70. The fourth-order valence-corrected chi connectivity index (χ4v) is 3.51. The zero-order valence-corrected chi connectivity index (χ0v) is 19.4. The molecule has 36 heavy (non-hydrogen) atoms. The number of nitrogens with one attached hydrogen (secondary N) is 2. The second-order valence-corrected chi connectivity index (χ2v) is 7.58. The van der Waals surface area contributed by atoms with Crippen molar-refractivity contribution in [1.82, 2.24) is 5.43 Å². The topological polar surface area (TPSA) is 106 Å². The maximum atomic E-state index is 13.3. The van der Waals surface area contributed by atoms with Crippen molar-refractivity contribution in [2.45, 2.75) is 0 Å². The lowest BCUT2D eigenvalue weighted by Crippen LogP contribution is -2.35. The van der Waals surface area contributed by atoms with Crippen molar-refractivity contribution in [2.24, 2.45) is 0 Å². The molecule has 1 aliphatic heterocycles. The minimum atomic E-state index is -0.559. The number of hydrogen-bond donors (Lipinski definition) is 2. The van der Waals surface area contributed by atoms with E-state index in [-0.39, 0.29) is 28.5 Å². The molecule has 1 heterocycles. The Labute approximate surface area is 206 Å². The first kappa shape index (κ1) is 24.3. The molecule has 3 aromatic carbocycles. The highest BCUT2D eigenvalue weighted by molar-refractivity contribution is 6.31. The van der Waals surface area contributed by atoms with E-state index >= 15 is 0 Å². The third-order valence-corrected chi connectivity index (χ3v) is 5.16. The first-order valence-electron chi connectivity index (χ1n) is 10.8. The first-order valence-corrected chi connectivity index (χ1v) is 10.8. The number of para-hydroxylation sites is 1. The molecule has 10 heteroatoms. The third-order valence-electron chi connectivity index (χ3n) is 5.16. The summed E-state index contributed by atoms with van der Waals surface area (Å²) >= 11 is 0. The third kappa shape index (κ3) is 5.27. The number of rotatable bonds is 8. The number of ether oxygens (including phenoxy) is 3. The molecule has 0 aromatic heterocycles. The van der Waals surface area contributed by atoms with Crippen molar-refractivity contribution in [2.75, 3.05) is 31.2 Å². The second kappa shape index (κ2) is 10.6. The molecule has 1 saturated heterocycles. The molecule has 0 saturated carbocycles. The van der Waals surface area contributed by atoms with Gasteiger partial charge in [0.25, 0.3) is 17.7 Å². The zero-order chi connectivity index (χ0) is 25.7. The summed E-state index contributed by atoms with van der Waals surface area (Å²) in [6.45, 7) is -0.406. The molecular formula is C26H22FN3O6. The Hall–Kier alpha value is -4.86. The van der Waals surface area contributed by atoms with E-state index in [2.05, 4.69) is 10.7 Å². The largest absolute Gasteiger partial charge is 0.493 e. The summed E-state index contributed by atoms with van der Waals surface area (Å²) in [5.74, 6) is -1.51. The summed E-state index contributed by atoms with van der Waals surface area (Å²) in [5.41, 5.74) is 3.71. The number of hydrazine groups is 1. The first-order chi connectivity index (χ1) is 17.4. The highest BCUT2D eigenvalue weighted by Crippen LogP contribution is 2.39.